The van der Waals surface area contributed by atoms with Crippen LogP contribution in [0.4, 0.5) is 4.79 Å². The molecule has 1 aliphatic heterocycles. The van der Waals surface area contributed by atoms with Gasteiger partial charge in [0.1, 0.15) is 11.4 Å². The van der Waals surface area contributed by atoms with Crippen LogP contribution in [0.5, 0.6) is 5.75 Å². The highest BCUT2D eigenvalue weighted by Gasteiger charge is 2.30. The van der Waals surface area contributed by atoms with Crippen molar-refractivity contribution in [3.63, 3.8) is 0 Å². The average Bonchev–Trinajstić information content (AvgIpc) is 2.72. The number of amides is 2. The summed E-state index contributed by atoms with van der Waals surface area (Å²) in [6, 6.07) is 6.26. The second-order valence-electron chi connectivity index (χ2n) is 10.1. The molecular weight excluding hydrogens is 392 g/mol. The van der Waals surface area contributed by atoms with Gasteiger partial charge in [0.25, 0.3) is 0 Å². The van der Waals surface area contributed by atoms with Gasteiger partial charge in [-0.25, -0.2) is 4.79 Å². The van der Waals surface area contributed by atoms with Crippen LogP contribution in [0.3, 0.4) is 0 Å². The van der Waals surface area contributed by atoms with E-state index in [4.69, 9.17) is 9.47 Å². The summed E-state index contributed by atoms with van der Waals surface area (Å²) in [4.78, 5) is 29.1. The van der Waals surface area contributed by atoms with E-state index in [0.29, 0.717) is 19.5 Å². The lowest BCUT2D eigenvalue weighted by molar-refractivity contribution is -0.133. The number of hydrogen-bond acceptors (Lipinski definition) is 4. The smallest absolute Gasteiger partial charge is 0.410 e. The molecule has 2 unspecified atom stereocenters. The Hall–Kier alpha value is -2.24. The largest absolute Gasteiger partial charge is 0.497 e. The number of nitrogens with zero attached hydrogens (tertiary/aromatic N) is 2. The zero-order valence-electron chi connectivity index (χ0n) is 19.8. The van der Waals surface area contributed by atoms with E-state index in [2.05, 4.69) is 12.1 Å². The molecule has 6 heteroatoms. The number of carbonyl (C=O) groups is 2. The zero-order valence-corrected chi connectivity index (χ0v) is 19.8. The van der Waals surface area contributed by atoms with E-state index in [9.17, 15) is 9.59 Å². The Morgan fingerprint density at radius 1 is 1.19 bits per heavy atom. The van der Waals surface area contributed by atoms with Gasteiger partial charge < -0.3 is 19.3 Å². The maximum atomic E-state index is 13.1. The number of methoxy groups -OCH3 is 1. The normalized spacial score (nSPS) is 21.3. The van der Waals surface area contributed by atoms with Crippen molar-refractivity contribution in [1.29, 1.82) is 0 Å². The van der Waals surface area contributed by atoms with Crippen molar-refractivity contribution in [2.45, 2.75) is 70.8 Å². The molecule has 1 aromatic carbocycles. The van der Waals surface area contributed by atoms with Crippen LogP contribution >= 0.6 is 0 Å². The number of aryl methyl sites for hydroxylation is 1. The third kappa shape index (κ3) is 6.37. The second kappa shape index (κ2) is 9.92. The van der Waals surface area contributed by atoms with Gasteiger partial charge in [0.15, 0.2) is 0 Å². The van der Waals surface area contributed by atoms with Crippen molar-refractivity contribution >= 4 is 12.0 Å². The van der Waals surface area contributed by atoms with E-state index in [1.165, 1.54) is 11.1 Å². The lowest BCUT2D eigenvalue weighted by atomic mass is 9.80. The topological polar surface area (TPSA) is 59.1 Å². The Balaban J connectivity index is 1.56. The van der Waals surface area contributed by atoms with Crippen molar-refractivity contribution < 1.29 is 19.1 Å². The first-order valence-electron chi connectivity index (χ1n) is 11.5. The first kappa shape index (κ1) is 23.4. The first-order chi connectivity index (χ1) is 14.7. The highest BCUT2D eigenvalue weighted by Crippen LogP contribution is 2.36. The van der Waals surface area contributed by atoms with Crippen LogP contribution in [0.15, 0.2) is 18.2 Å². The molecule has 172 valence electrons. The summed E-state index contributed by atoms with van der Waals surface area (Å²) in [7, 11) is 3.47. The fraction of sp³-hybridized carbons (Fsp3) is 0.680. The zero-order chi connectivity index (χ0) is 22.6. The molecule has 0 spiro atoms. The molecule has 1 aliphatic carbocycles. The van der Waals surface area contributed by atoms with E-state index in [0.717, 1.165) is 44.4 Å². The van der Waals surface area contributed by atoms with Crippen molar-refractivity contribution in [2.24, 2.45) is 5.92 Å². The number of hydrogen-bond donors (Lipinski definition) is 0. The lowest BCUT2D eigenvalue weighted by Crippen LogP contribution is -2.45. The fourth-order valence-corrected chi connectivity index (χ4v) is 4.81. The Morgan fingerprint density at radius 2 is 1.97 bits per heavy atom. The maximum Gasteiger partial charge on any atom is 0.410 e. The highest BCUT2D eigenvalue weighted by molar-refractivity contribution is 5.77. The molecule has 0 saturated carbocycles. The monoisotopic (exact) mass is 430 g/mol. The highest BCUT2D eigenvalue weighted by atomic mass is 16.6. The predicted octanol–water partition coefficient (Wildman–Crippen LogP) is 4.61. The molecule has 6 nitrogen and oxygen atoms in total. The van der Waals surface area contributed by atoms with Gasteiger partial charge in [0.2, 0.25) is 5.91 Å². The van der Waals surface area contributed by atoms with Crippen LogP contribution in [-0.4, -0.2) is 61.2 Å². The Labute approximate surface area is 186 Å². The van der Waals surface area contributed by atoms with Crippen molar-refractivity contribution in [3.05, 3.63) is 29.3 Å². The van der Waals surface area contributed by atoms with Crippen LogP contribution in [0.25, 0.3) is 0 Å². The van der Waals surface area contributed by atoms with E-state index in [-0.39, 0.29) is 23.8 Å². The fourth-order valence-electron chi connectivity index (χ4n) is 4.81. The molecule has 2 amide bonds. The molecule has 0 radical (unpaired) electrons. The summed E-state index contributed by atoms with van der Waals surface area (Å²) in [5.41, 5.74) is 2.12. The Morgan fingerprint density at radius 3 is 2.68 bits per heavy atom. The molecule has 2 atom stereocenters. The number of benzene rings is 1. The number of rotatable bonds is 5. The summed E-state index contributed by atoms with van der Waals surface area (Å²) in [6.07, 6.45) is 5.50. The third-order valence-corrected chi connectivity index (χ3v) is 6.32. The number of piperidine rings is 1. The van der Waals surface area contributed by atoms with E-state index in [1.807, 2.05) is 31.7 Å². The molecule has 2 aliphatic rings. The van der Waals surface area contributed by atoms with Gasteiger partial charge >= 0.3 is 6.09 Å². The molecule has 3 rings (SSSR count). The number of fused-ring (bicyclic) bond motifs is 1. The SMILES string of the molecule is COc1ccc2c(c1)CCCC2CC(=O)N1CCCC(CN(C)C(=O)OC(C)(C)C)C1. The van der Waals surface area contributed by atoms with Crippen molar-refractivity contribution in [1.82, 2.24) is 9.80 Å². The summed E-state index contributed by atoms with van der Waals surface area (Å²) in [6.45, 7) is 7.77. The van der Waals surface area contributed by atoms with Crippen LogP contribution in [0.1, 0.15) is 69.9 Å². The predicted molar refractivity (Wildman–Crippen MR) is 121 cm³/mol. The lowest BCUT2D eigenvalue weighted by Gasteiger charge is -2.36. The molecule has 0 N–H and O–H groups in total. The minimum atomic E-state index is -0.500. The van der Waals surface area contributed by atoms with Gasteiger partial charge in [-0.3, -0.25) is 4.79 Å². The number of ether oxygens (including phenoxy) is 2. The summed E-state index contributed by atoms with van der Waals surface area (Å²) < 4.78 is 10.8. The van der Waals surface area contributed by atoms with Gasteiger partial charge in [-0.1, -0.05) is 6.07 Å². The van der Waals surface area contributed by atoms with Crippen molar-refractivity contribution in [2.75, 3.05) is 33.8 Å². The molecular formula is C25H38N2O4. The Kier molecular flexibility index (Phi) is 7.50. The van der Waals surface area contributed by atoms with Crippen LogP contribution in [0, 0.1) is 5.92 Å². The summed E-state index contributed by atoms with van der Waals surface area (Å²) in [5, 5.41) is 0. The van der Waals surface area contributed by atoms with Crippen LogP contribution < -0.4 is 4.74 Å². The molecule has 0 aromatic heterocycles. The van der Waals surface area contributed by atoms with Crippen LogP contribution in [-0.2, 0) is 16.0 Å². The minimum Gasteiger partial charge on any atom is -0.497 e. The van der Waals surface area contributed by atoms with E-state index in [1.54, 1.807) is 19.1 Å². The van der Waals surface area contributed by atoms with Crippen LogP contribution in [0.2, 0.25) is 0 Å². The molecule has 1 saturated heterocycles. The molecule has 31 heavy (non-hydrogen) atoms. The maximum absolute atomic E-state index is 13.1. The first-order valence-corrected chi connectivity index (χ1v) is 11.5. The van der Waals surface area contributed by atoms with E-state index < -0.39 is 5.60 Å². The molecule has 1 fully saturated rings. The molecule has 1 aromatic rings. The number of carbonyl (C=O) groups excluding carboxylic acids is 2. The van der Waals surface area contributed by atoms with Gasteiger partial charge in [-0.15, -0.1) is 0 Å². The Bertz CT molecular complexity index is 786. The average molecular weight is 431 g/mol. The third-order valence-electron chi connectivity index (χ3n) is 6.32. The van der Waals surface area contributed by atoms with Gasteiger partial charge in [-0.05, 0) is 88.0 Å². The molecule has 1 heterocycles. The second-order valence-corrected chi connectivity index (χ2v) is 10.1. The van der Waals surface area contributed by atoms with Gasteiger partial charge in [-0.2, -0.15) is 0 Å². The minimum absolute atomic E-state index is 0.235. The van der Waals surface area contributed by atoms with Gasteiger partial charge in [0.05, 0.1) is 7.11 Å². The van der Waals surface area contributed by atoms with Gasteiger partial charge in [0, 0.05) is 33.1 Å². The van der Waals surface area contributed by atoms with Crippen molar-refractivity contribution in [3.8, 4) is 5.75 Å². The quantitative estimate of drug-likeness (QED) is 0.684. The molecule has 0 bridgehead atoms. The number of likely N-dealkylation sites (tertiary alicyclic amines) is 1. The van der Waals surface area contributed by atoms with E-state index >= 15 is 0 Å². The summed E-state index contributed by atoms with van der Waals surface area (Å²) >= 11 is 0. The standard InChI is InChI=1S/C25H38N2O4/c1-25(2,3)31-24(29)26(4)16-18-8-7-13-27(17-18)23(28)15-20-10-6-9-19-14-21(30-5)11-12-22(19)20/h11-12,14,18,20H,6-10,13,15-17H2,1-5H3. The summed E-state index contributed by atoms with van der Waals surface area (Å²) in [5.74, 6) is 1.70.